The van der Waals surface area contributed by atoms with E-state index in [0.717, 1.165) is 11.3 Å². The number of hydrogen-bond acceptors (Lipinski definition) is 4. The van der Waals surface area contributed by atoms with Crippen molar-refractivity contribution in [3.63, 3.8) is 0 Å². The zero-order valence-electron chi connectivity index (χ0n) is 10.3. The minimum absolute atomic E-state index is 0.189. The van der Waals surface area contributed by atoms with Crippen LogP contribution in [0.5, 0.6) is 0 Å². The Morgan fingerprint density at radius 3 is 2.50 bits per heavy atom. The van der Waals surface area contributed by atoms with Crippen LogP contribution in [0.3, 0.4) is 0 Å². The van der Waals surface area contributed by atoms with Crippen molar-refractivity contribution >= 4 is 17.7 Å². The molecule has 18 heavy (non-hydrogen) atoms. The van der Waals surface area contributed by atoms with E-state index in [0.29, 0.717) is 0 Å². The number of benzene rings is 1. The molecular formula is C13H17NO3S. The molecule has 0 spiro atoms. The van der Waals surface area contributed by atoms with Gasteiger partial charge < -0.3 is 15.6 Å². The molecule has 3 N–H and O–H groups in total. The van der Waals surface area contributed by atoms with Crippen molar-refractivity contribution in [2.24, 2.45) is 11.1 Å². The second kappa shape index (κ2) is 5.30. The van der Waals surface area contributed by atoms with Crippen LogP contribution in [0.2, 0.25) is 0 Å². The summed E-state index contributed by atoms with van der Waals surface area (Å²) in [5, 5.41) is 9.29. The van der Waals surface area contributed by atoms with Crippen molar-refractivity contribution in [2.75, 3.05) is 19.0 Å². The molecule has 1 aromatic rings. The molecule has 1 aliphatic rings. The fourth-order valence-corrected chi connectivity index (χ4v) is 2.68. The summed E-state index contributed by atoms with van der Waals surface area (Å²) in [5.74, 6) is 0.131. The van der Waals surface area contributed by atoms with Crippen LogP contribution >= 0.6 is 11.8 Å². The standard InChI is InChI=1S/C13H17NO3S/c1-2-18-10-5-3-9(4-6-10)11(14)13(12(15)16)7-17-8-13/h3-6,11H,2,7-8,14H2,1H3,(H,15,16). The summed E-state index contributed by atoms with van der Waals surface area (Å²) >= 11 is 1.75. The van der Waals surface area contributed by atoms with E-state index in [2.05, 4.69) is 6.92 Å². The van der Waals surface area contributed by atoms with Gasteiger partial charge >= 0.3 is 5.97 Å². The highest BCUT2D eigenvalue weighted by molar-refractivity contribution is 7.99. The first-order valence-electron chi connectivity index (χ1n) is 5.89. The third kappa shape index (κ3) is 2.25. The third-order valence-corrected chi connectivity index (χ3v) is 4.18. The average Bonchev–Trinajstić information content (AvgIpc) is 2.28. The van der Waals surface area contributed by atoms with Gasteiger partial charge in [-0.2, -0.15) is 0 Å². The number of carboxylic acids is 1. The van der Waals surface area contributed by atoms with Gasteiger partial charge in [0.05, 0.1) is 19.3 Å². The topological polar surface area (TPSA) is 72.6 Å². The van der Waals surface area contributed by atoms with Crippen molar-refractivity contribution in [3.05, 3.63) is 29.8 Å². The molecule has 0 saturated carbocycles. The van der Waals surface area contributed by atoms with E-state index >= 15 is 0 Å². The molecule has 1 heterocycles. The Labute approximate surface area is 111 Å². The second-order valence-electron chi connectivity index (χ2n) is 4.43. The predicted octanol–water partition coefficient (Wildman–Crippen LogP) is 1.90. The van der Waals surface area contributed by atoms with E-state index < -0.39 is 17.4 Å². The minimum Gasteiger partial charge on any atom is -0.481 e. The maximum Gasteiger partial charge on any atom is 0.316 e. The molecule has 1 unspecified atom stereocenters. The predicted molar refractivity (Wildman–Crippen MR) is 70.7 cm³/mol. The Balaban J connectivity index is 2.17. The van der Waals surface area contributed by atoms with Gasteiger partial charge in [-0.1, -0.05) is 19.1 Å². The Hall–Kier alpha value is -1.04. The van der Waals surface area contributed by atoms with Crippen molar-refractivity contribution in [3.8, 4) is 0 Å². The summed E-state index contributed by atoms with van der Waals surface area (Å²) in [4.78, 5) is 12.5. The highest BCUT2D eigenvalue weighted by atomic mass is 32.2. The summed E-state index contributed by atoms with van der Waals surface area (Å²) in [5.41, 5.74) is 5.98. The number of rotatable bonds is 5. The Kier molecular flexibility index (Phi) is 3.94. The zero-order chi connectivity index (χ0) is 13.2. The number of thioether (sulfide) groups is 1. The van der Waals surface area contributed by atoms with Crippen LogP contribution in [-0.2, 0) is 9.53 Å². The highest BCUT2D eigenvalue weighted by Gasteiger charge is 2.51. The molecule has 98 valence electrons. The van der Waals surface area contributed by atoms with Crippen molar-refractivity contribution in [1.82, 2.24) is 0 Å². The maximum absolute atomic E-state index is 11.3. The fraction of sp³-hybridized carbons (Fsp3) is 0.462. The number of nitrogens with two attached hydrogens (primary N) is 1. The van der Waals surface area contributed by atoms with Crippen LogP contribution in [-0.4, -0.2) is 30.0 Å². The lowest BCUT2D eigenvalue weighted by Gasteiger charge is -2.41. The first kappa shape index (κ1) is 13.4. The van der Waals surface area contributed by atoms with E-state index in [-0.39, 0.29) is 13.2 Å². The van der Waals surface area contributed by atoms with Crippen molar-refractivity contribution in [1.29, 1.82) is 0 Å². The van der Waals surface area contributed by atoms with Crippen LogP contribution in [0.15, 0.2) is 29.2 Å². The summed E-state index contributed by atoms with van der Waals surface area (Å²) in [6.07, 6.45) is 0. The van der Waals surface area contributed by atoms with Gasteiger partial charge in [-0.3, -0.25) is 4.79 Å². The summed E-state index contributed by atoms with van der Waals surface area (Å²) in [7, 11) is 0. The van der Waals surface area contributed by atoms with Gasteiger partial charge in [0, 0.05) is 4.90 Å². The highest BCUT2D eigenvalue weighted by Crippen LogP contribution is 2.39. The molecule has 1 fully saturated rings. The molecule has 1 aromatic carbocycles. The molecular weight excluding hydrogens is 250 g/mol. The summed E-state index contributed by atoms with van der Waals surface area (Å²) in [6.45, 7) is 2.47. The minimum atomic E-state index is -0.959. The second-order valence-corrected chi connectivity index (χ2v) is 5.77. The van der Waals surface area contributed by atoms with Crippen LogP contribution < -0.4 is 5.73 Å². The molecule has 0 radical (unpaired) electrons. The maximum atomic E-state index is 11.3. The number of carboxylic acid groups (broad SMARTS) is 1. The van der Waals surface area contributed by atoms with Gasteiger partial charge in [0.15, 0.2) is 0 Å². The lowest BCUT2D eigenvalue weighted by atomic mass is 9.76. The van der Waals surface area contributed by atoms with Crippen LogP contribution in [0.1, 0.15) is 18.5 Å². The normalized spacial score (nSPS) is 19.0. The molecule has 0 aromatic heterocycles. The largest absolute Gasteiger partial charge is 0.481 e. The average molecular weight is 267 g/mol. The van der Waals surface area contributed by atoms with Crippen molar-refractivity contribution in [2.45, 2.75) is 17.9 Å². The SMILES string of the molecule is CCSc1ccc(C(N)C2(C(=O)O)COC2)cc1. The fourth-order valence-electron chi connectivity index (χ4n) is 2.02. The quantitative estimate of drug-likeness (QED) is 0.797. The van der Waals surface area contributed by atoms with Crippen LogP contribution in [0.25, 0.3) is 0 Å². The van der Waals surface area contributed by atoms with E-state index in [9.17, 15) is 9.90 Å². The van der Waals surface area contributed by atoms with Crippen LogP contribution in [0.4, 0.5) is 0 Å². The molecule has 5 heteroatoms. The summed E-state index contributed by atoms with van der Waals surface area (Å²) < 4.78 is 5.04. The van der Waals surface area contributed by atoms with Crippen LogP contribution in [0, 0.1) is 5.41 Å². The smallest absolute Gasteiger partial charge is 0.316 e. The van der Waals surface area contributed by atoms with Gasteiger partial charge in [-0.05, 0) is 23.4 Å². The van der Waals surface area contributed by atoms with Crippen molar-refractivity contribution < 1.29 is 14.6 Å². The Bertz CT molecular complexity index is 428. The van der Waals surface area contributed by atoms with Gasteiger partial charge in [-0.25, -0.2) is 0 Å². The van der Waals surface area contributed by atoms with Gasteiger partial charge in [0.2, 0.25) is 0 Å². The molecule has 0 aliphatic carbocycles. The first-order valence-corrected chi connectivity index (χ1v) is 6.88. The molecule has 0 bridgehead atoms. The van der Waals surface area contributed by atoms with E-state index in [1.54, 1.807) is 11.8 Å². The molecule has 0 amide bonds. The van der Waals surface area contributed by atoms with E-state index in [4.69, 9.17) is 10.5 Å². The van der Waals surface area contributed by atoms with Gasteiger partial charge in [-0.15, -0.1) is 11.8 Å². The summed E-state index contributed by atoms with van der Waals surface area (Å²) in [6, 6.07) is 7.26. The van der Waals surface area contributed by atoms with Gasteiger partial charge in [0.1, 0.15) is 5.41 Å². The molecule has 1 aliphatic heterocycles. The van der Waals surface area contributed by atoms with E-state index in [1.807, 2.05) is 24.3 Å². The molecule has 1 saturated heterocycles. The number of aliphatic carboxylic acids is 1. The first-order chi connectivity index (χ1) is 8.60. The molecule has 4 nitrogen and oxygen atoms in total. The lowest BCUT2D eigenvalue weighted by molar-refractivity contribution is -0.184. The number of carbonyl (C=O) groups is 1. The zero-order valence-corrected chi connectivity index (χ0v) is 11.1. The number of ether oxygens (including phenoxy) is 1. The Morgan fingerprint density at radius 2 is 2.11 bits per heavy atom. The number of hydrogen-bond donors (Lipinski definition) is 2. The third-order valence-electron chi connectivity index (χ3n) is 3.29. The molecule has 2 rings (SSSR count). The van der Waals surface area contributed by atoms with Gasteiger partial charge in [0.25, 0.3) is 0 Å². The van der Waals surface area contributed by atoms with E-state index in [1.165, 1.54) is 4.90 Å². The molecule has 1 atom stereocenters. The lowest BCUT2D eigenvalue weighted by Crippen LogP contribution is -2.55. The monoisotopic (exact) mass is 267 g/mol. The Morgan fingerprint density at radius 1 is 1.50 bits per heavy atom.